The highest BCUT2D eigenvalue weighted by Gasteiger charge is 2.05. The summed E-state index contributed by atoms with van der Waals surface area (Å²) in [5.41, 5.74) is 1.69. The number of aliphatic hydroxyl groups excluding tert-OH is 1. The zero-order valence-corrected chi connectivity index (χ0v) is 11.3. The number of ether oxygens (including phenoxy) is 1. The maximum absolute atomic E-state index is 13.6. The standard InChI is InChI=1S/C15H19FN2O2/c16-14-5-4-12(15-13(14)3-1-7-18-15)11-17-6-2-9-20-10-8-19/h1,3-5,7,17,19H,2,6,8-11H2. The van der Waals surface area contributed by atoms with Gasteiger partial charge in [-0.05, 0) is 36.7 Å². The number of fused-ring (bicyclic) bond motifs is 1. The molecular formula is C15H19FN2O2. The highest BCUT2D eigenvalue weighted by molar-refractivity contribution is 5.82. The lowest BCUT2D eigenvalue weighted by Crippen LogP contribution is -2.17. The minimum absolute atomic E-state index is 0.0562. The van der Waals surface area contributed by atoms with Gasteiger partial charge in [-0.2, -0.15) is 0 Å². The lowest BCUT2D eigenvalue weighted by atomic mass is 10.1. The number of nitrogens with zero attached hydrogens (tertiary/aromatic N) is 1. The van der Waals surface area contributed by atoms with Crippen LogP contribution in [0.2, 0.25) is 0 Å². The Labute approximate surface area is 117 Å². The normalized spacial score (nSPS) is 11.1. The number of pyridine rings is 1. The molecule has 5 heteroatoms. The largest absolute Gasteiger partial charge is 0.394 e. The Morgan fingerprint density at radius 2 is 2.15 bits per heavy atom. The van der Waals surface area contributed by atoms with Crippen molar-refractivity contribution < 1.29 is 14.2 Å². The molecule has 0 fully saturated rings. The van der Waals surface area contributed by atoms with Crippen molar-refractivity contribution >= 4 is 10.9 Å². The molecule has 0 saturated carbocycles. The molecule has 0 saturated heterocycles. The molecule has 2 N–H and O–H groups in total. The van der Waals surface area contributed by atoms with Crippen LogP contribution in [-0.2, 0) is 11.3 Å². The molecule has 20 heavy (non-hydrogen) atoms. The molecule has 0 aliphatic carbocycles. The molecule has 108 valence electrons. The number of benzene rings is 1. The number of hydrogen-bond acceptors (Lipinski definition) is 4. The van der Waals surface area contributed by atoms with Gasteiger partial charge in [0.2, 0.25) is 0 Å². The van der Waals surface area contributed by atoms with Crippen LogP contribution in [0.1, 0.15) is 12.0 Å². The molecule has 2 aromatic rings. The number of nitrogens with one attached hydrogen (secondary N) is 1. The summed E-state index contributed by atoms with van der Waals surface area (Å²) in [6.45, 7) is 2.51. The van der Waals surface area contributed by atoms with E-state index in [4.69, 9.17) is 9.84 Å². The van der Waals surface area contributed by atoms with Gasteiger partial charge in [-0.1, -0.05) is 6.07 Å². The molecule has 0 amide bonds. The molecule has 4 nitrogen and oxygen atoms in total. The first-order valence-electron chi connectivity index (χ1n) is 6.74. The van der Waals surface area contributed by atoms with Gasteiger partial charge >= 0.3 is 0 Å². The van der Waals surface area contributed by atoms with Crippen LogP contribution in [0.4, 0.5) is 4.39 Å². The van der Waals surface area contributed by atoms with Crippen molar-refractivity contribution in [3.8, 4) is 0 Å². The third-order valence-corrected chi connectivity index (χ3v) is 2.99. The number of aliphatic hydroxyl groups is 1. The van der Waals surface area contributed by atoms with Crippen molar-refractivity contribution in [1.29, 1.82) is 0 Å². The van der Waals surface area contributed by atoms with Crippen molar-refractivity contribution in [3.63, 3.8) is 0 Å². The van der Waals surface area contributed by atoms with E-state index in [2.05, 4.69) is 10.3 Å². The number of hydrogen-bond donors (Lipinski definition) is 2. The fraction of sp³-hybridized carbons (Fsp3) is 0.400. The highest BCUT2D eigenvalue weighted by Crippen LogP contribution is 2.19. The molecule has 0 aliphatic heterocycles. The van der Waals surface area contributed by atoms with Crippen molar-refractivity contribution in [2.24, 2.45) is 0 Å². The lowest BCUT2D eigenvalue weighted by Gasteiger charge is -2.08. The van der Waals surface area contributed by atoms with E-state index in [0.717, 1.165) is 18.5 Å². The molecule has 0 bridgehead atoms. The predicted octanol–water partition coefficient (Wildman–Crippen LogP) is 1.86. The van der Waals surface area contributed by atoms with Crippen LogP contribution in [0.3, 0.4) is 0 Å². The number of aromatic nitrogens is 1. The second-order valence-corrected chi connectivity index (χ2v) is 4.47. The van der Waals surface area contributed by atoms with Crippen LogP contribution in [0.5, 0.6) is 0 Å². The van der Waals surface area contributed by atoms with Crippen molar-refractivity contribution in [2.75, 3.05) is 26.4 Å². The van der Waals surface area contributed by atoms with Crippen LogP contribution in [0, 0.1) is 5.82 Å². The maximum Gasteiger partial charge on any atom is 0.132 e. The van der Waals surface area contributed by atoms with Crippen molar-refractivity contribution in [2.45, 2.75) is 13.0 Å². The third kappa shape index (κ3) is 3.96. The first-order valence-corrected chi connectivity index (χ1v) is 6.74. The molecule has 0 aliphatic rings. The smallest absolute Gasteiger partial charge is 0.132 e. The van der Waals surface area contributed by atoms with E-state index in [1.54, 1.807) is 24.4 Å². The Morgan fingerprint density at radius 3 is 3.00 bits per heavy atom. The topological polar surface area (TPSA) is 54.4 Å². The van der Waals surface area contributed by atoms with Crippen molar-refractivity contribution in [3.05, 3.63) is 41.8 Å². The van der Waals surface area contributed by atoms with E-state index in [0.29, 0.717) is 30.7 Å². The number of halogens is 1. The van der Waals surface area contributed by atoms with E-state index in [1.165, 1.54) is 6.07 Å². The summed E-state index contributed by atoms with van der Waals surface area (Å²) in [6, 6.07) is 6.72. The van der Waals surface area contributed by atoms with Crippen LogP contribution >= 0.6 is 0 Å². The second kappa shape index (κ2) is 7.89. The summed E-state index contributed by atoms with van der Waals surface area (Å²) in [5.74, 6) is -0.241. The summed E-state index contributed by atoms with van der Waals surface area (Å²) in [6.07, 6.45) is 2.54. The van der Waals surface area contributed by atoms with Gasteiger partial charge in [-0.25, -0.2) is 4.39 Å². The van der Waals surface area contributed by atoms with Crippen LogP contribution in [-0.4, -0.2) is 36.5 Å². The van der Waals surface area contributed by atoms with Gasteiger partial charge < -0.3 is 15.2 Å². The van der Waals surface area contributed by atoms with Gasteiger partial charge in [0, 0.05) is 24.7 Å². The van der Waals surface area contributed by atoms with E-state index >= 15 is 0 Å². The molecule has 2 rings (SSSR count). The lowest BCUT2D eigenvalue weighted by molar-refractivity contribution is 0.0907. The highest BCUT2D eigenvalue weighted by atomic mass is 19.1. The quantitative estimate of drug-likeness (QED) is 0.724. The molecule has 0 spiro atoms. The van der Waals surface area contributed by atoms with Gasteiger partial charge in [0.25, 0.3) is 0 Å². The molecule has 1 heterocycles. The van der Waals surface area contributed by atoms with Gasteiger partial charge in [0.1, 0.15) is 5.82 Å². The van der Waals surface area contributed by atoms with Gasteiger partial charge in [0.05, 0.1) is 18.7 Å². The van der Waals surface area contributed by atoms with Crippen molar-refractivity contribution in [1.82, 2.24) is 10.3 Å². The summed E-state index contributed by atoms with van der Waals surface area (Å²) in [7, 11) is 0. The van der Waals surface area contributed by atoms with Crippen LogP contribution < -0.4 is 5.32 Å². The fourth-order valence-electron chi connectivity index (χ4n) is 2.03. The van der Waals surface area contributed by atoms with E-state index in [9.17, 15) is 4.39 Å². The fourth-order valence-corrected chi connectivity index (χ4v) is 2.03. The SMILES string of the molecule is OCCOCCCNCc1ccc(F)c2cccnc12. The Morgan fingerprint density at radius 1 is 1.25 bits per heavy atom. The summed E-state index contributed by atoms with van der Waals surface area (Å²) in [5, 5.41) is 12.4. The van der Waals surface area contributed by atoms with Gasteiger partial charge in [-0.15, -0.1) is 0 Å². The molecule has 0 unspecified atom stereocenters. The first-order chi connectivity index (χ1) is 9.83. The Kier molecular flexibility index (Phi) is 5.86. The summed E-state index contributed by atoms with van der Waals surface area (Å²) in [4.78, 5) is 4.25. The van der Waals surface area contributed by atoms with E-state index < -0.39 is 0 Å². The van der Waals surface area contributed by atoms with E-state index in [-0.39, 0.29) is 12.4 Å². The molecule has 1 aromatic carbocycles. The summed E-state index contributed by atoms with van der Waals surface area (Å²) >= 11 is 0. The third-order valence-electron chi connectivity index (χ3n) is 2.99. The second-order valence-electron chi connectivity index (χ2n) is 4.47. The summed E-state index contributed by atoms with van der Waals surface area (Å²) < 4.78 is 18.8. The predicted molar refractivity (Wildman–Crippen MR) is 75.9 cm³/mol. The van der Waals surface area contributed by atoms with Crippen LogP contribution in [0.15, 0.2) is 30.5 Å². The van der Waals surface area contributed by atoms with Gasteiger partial charge in [-0.3, -0.25) is 4.98 Å². The molecular weight excluding hydrogens is 259 g/mol. The average Bonchev–Trinajstić information content (AvgIpc) is 2.49. The monoisotopic (exact) mass is 278 g/mol. The molecule has 0 radical (unpaired) electrons. The number of rotatable bonds is 8. The molecule has 0 atom stereocenters. The zero-order valence-electron chi connectivity index (χ0n) is 11.3. The Hall–Kier alpha value is -1.56. The Bertz CT molecular complexity index is 548. The Balaban J connectivity index is 1.86. The van der Waals surface area contributed by atoms with Gasteiger partial charge in [0.15, 0.2) is 0 Å². The van der Waals surface area contributed by atoms with E-state index in [1.807, 2.05) is 0 Å². The minimum Gasteiger partial charge on any atom is -0.394 e. The maximum atomic E-state index is 13.6. The molecule has 1 aromatic heterocycles. The minimum atomic E-state index is -0.241. The average molecular weight is 278 g/mol. The zero-order chi connectivity index (χ0) is 14.2. The first kappa shape index (κ1) is 14.8. The van der Waals surface area contributed by atoms with Crippen LogP contribution in [0.25, 0.3) is 10.9 Å².